The second-order valence-corrected chi connectivity index (χ2v) is 8.75. The van der Waals surface area contributed by atoms with E-state index in [1.807, 2.05) is 72.8 Å². The summed E-state index contributed by atoms with van der Waals surface area (Å²) in [4.78, 5) is 26.9. The van der Waals surface area contributed by atoms with Gasteiger partial charge in [0.1, 0.15) is 5.02 Å². The number of hydrogen-bond donors (Lipinski definition) is 0. The summed E-state index contributed by atoms with van der Waals surface area (Å²) >= 11 is 12.9. The minimum Gasteiger partial charge on any atom is -0.465 e. The normalized spacial score (nSPS) is 10.7. The summed E-state index contributed by atoms with van der Waals surface area (Å²) in [6.07, 6.45) is 0.557. The van der Waals surface area contributed by atoms with Crippen LogP contribution in [0.5, 0.6) is 0 Å². The van der Waals surface area contributed by atoms with Crippen LogP contribution in [-0.2, 0) is 24.2 Å². The van der Waals surface area contributed by atoms with E-state index in [0.29, 0.717) is 35.8 Å². The predicted octanol–water partition coefficient (Wildman–Crippen LogP) is 6.52. The minimum absolute atomic E-state index is 0.0748. The molecule has 0 amide bonds. The van der Waals surface area contributed by atoms with Gasteiger partial charge in [-0.25, -0.2) is 4.79 Å². The Kier molecular flexibility index (Phi) is 7.91. The Labute approximate surface area is 214 Å². The van der Waals surface area contributed by atoms with Gasteiger partial charge in [0.05, 0.1) is 29.9 Å². The van der Waals surface area contributed by atoms with E-state index in [1.54, 1.807) is 16.7 Å². The molecule has 0 saturated carbocycles. The Hall–Kier alpha value is -3.54. The van der Waals surface area contributed by atoms with Crippen molar-refractivity contribution in [3.05, 3.63) is 128 Å². The first-order valence-electron chi connectivity index (χ1n) is 11.1. The molecular weight excluding hydrogens is 483 g/mol. The van der Waals surface area contributed by atoms with Gasteiger partial charge in [-0.2, -0.15) is 0 Å². The van der Waals surface area contributed by atoms with Gasteiger partial charge in [-0.15, -0.1) is 0 Å². The number of aromatic nitrogens is 1. The number of esters is 1. The topological polar surface area (TPSA) is 51.5 Å². The molecule has 0 aliphatic rings. The van der Waals surface area contributed by atoms with Crippen LogP contribution < -0.4 is 10.5 Å². The highest BCUT2D eigenvalue weighted by Crippen LogP contribution is 2.29. The Morgan fingerprint density at radius 3 is 1.97 bits per heavy atom. The lowest BCUT2D eigenvalue weighted by atomic mass is 10.1. The lowest BCUT2D eigenvalue weighted by Gasteiger charge is -2.27. The fourth-order valence-electron chi connectivity index (χ4n) is 3.90. The average Bonchev–Trinajstić information content (AvgIpc) is 2.90. The molecule has 0 spiro atoms. The zero-order chi connectivity index (χ0) is 24.8. The molecule has 0 bridgehead atoms. The first-order chi connectivity index (χ1) is 17.0. The van der Waals surface area contributed by atoms with E-state index >= 15 is 0 Å². The van der Waals surface area contributed by atoms with E-state index in [1.165, 1.54) is 13.2 Å². The van der Waals surface area contributed by atoms with E-state index in [4.69, 9.17) is 27.9 Å². The Balaban J connectivity index is 1.68. The summed E-state index contributed by atoms with van der Waals surface area (Å²) in [5.41, 5.74) is 3.76. The molecule has 5 nitrogen and oxygen atoms in total. The molecule has 0 N–H and O–H groups in total. The van der Waals surface area contributed by atoms with Crippen molar-refractivity contribution in [1.82, 2.24) is 4.57 Å². The number of carbonyl (C=O) groups is 1. The molecule has 178 valence electrons. The van der Waals surface area contributed by atoms with Gasteiger partial charge in [0.2, 0.25) is 0 Å². The largest absolute Gasteiger partial charge is 0.465 e. The van der Waals surface area contributed by atoms with E-state index in [2.05, 4.69) is 4.90 Å². The number of anilines is 2. The van der Waals surface area contributed by atoms with Crippen molar-refractivity contribution in [2.45, 2.75) is 19.5 Å². The number of para-hydroxylation sites is 2. The summed E-state index contributed by atoms with van der Waals surface area (Å²) in [6, 6.07) is 28.5. The maximum absolute atomic E-state index is 13.1. The summed E-state index contributed by atoms with van der Waals surface area (Å²) in [7, 11) is 1.35. The van der Waals surface area contributed by atoms with Gasteiger partial charge in [0.15, 0.2) is 0 Å². The maximum Gasteiger partial charge on any atom is 0.337 e. The van der Waals surface area contributed by atoms with Crippen molar-refractivity contribution in [1.29, 1.82) is 0 Å². The third-order valence-corrected chi connectivity index (χ3v) is 6.35. The summed E-state index contributed by atoms with van der Waals surface area (Å²) in [5, 5.41) is 0.498. The third kappa shape index (κ3) is 5.76. The highest BCUT2D eigenvalue weighted by Gasteiger charge is 2.18. The highest BCUT2D eigenvalue weighted by molar-refractivity contribution is 6.34. The van der Waals surface area contributed by atoms with Gasteiger partial charge in [0.25, 0.3) is 5.56 Å². The number of methoxy groups -OCH3 is 1. The number of nitrogens with zero attached hydrogens (tertiary/aromatic N) is 2. The van der Waals surface area contributed by atoms with Crippen molar-refractivity contribution in [3.63, 3.8) is 0 Å². The number of carbonyl (C=O) groups excluding carboxylic acids is 1. The molecule has 1 aromatic heterocycles. The smallest absolute Gasteiger partial charge is 0.337 e. The summed E-state index contributed by atoms with van der Waals surface area (Å²) in [5.74, 6) is -0.390. The molecule has 0 aliphatic carbocycles. The van der Waals surface area contributed by atoms with Gasteiger partial charge in [-0.1, -0.05) is 71.7 Å². The number of halogens is 2. The quantitative estimate of drug-likeness (QED) is 0.255. The van der Waals surface area contributed by atoms with Crippen molar-refractivity contribution in [2.75, 3.05) is 12.0 Å². The van der Waals surface area contributed by atoms with E-state index in [0.717, 1.165) is 16.9 Å². The van der Waals surface area contributed by atoms with E-state index in [9.17, 15) is 9.59 Å². The van der Waals surface area contributed by atoms with Crippen molar-refractivity contribution < 1.29 is 9.53 Å². The van der Waals surface area contributed by atoms with E-state index in [-0.39, 0.29) is 10.6 Å². The van der Waals surface area contributed by atoms with Crippen LogP contribution in [0.15, 0.2) is 95.8 Å². The van der Waals surface area contributed by atoms with Gasteiger partial charge < -0.3 is 14.2 Å². The first-order valence-corrected chi connectivity index (χ1v) is 11.9. The summed E-state index contributed by atoms with van der Waals surface area (Å²) in [6.45, 7) is 0.754. The molecule has 0 fully saturated rings. The molecule has 0 atom stereocenters. The van der Waals surface area contributed by atoms with Crippen LogP contribution in [0.4, 0.5) is 11.4 Å². The fraction of sp³-hybridized carbons (Fsp3) is 0.143. The monoisotopic (exact) mass is 506 g/mol. The molecule has 4 rings (SSSR count). The molecule has 1 heterocycles. The van der Waals surface area contributed by atoms with Crippen LogP contribution in [0.3, 0.4) is 0 Å². The number of benzene rings is 3. The highest BCUT2D eigenvalue weighted by atomic mass is 35.5. The summed E-state index contributed by atoms with van der Waals surface area (Å²) < 4.78 is 6.39. The Bertz CT molecular complexity index is 1320. The lowest BCUT2D eigenvalue weighted by Crippen LogP contribution is -2.29. The molecule has 3 aromatic carbocycles. The number of ether oxygens (including phenoxy) is 1. The lowest BCUT2D eigenvalue weighted by molar-refractivity contribution is 0.0600. The Morgan fingerprint density at radius 2 is 1.43 bits per heavy atom. The van der Waals surface area contributed by atoms with Crippen LogP contribution in [0, 0.1) is 0 Å². The van der Waals surface area contributed by atoms with Crippen LogP contribution in [0.1, 0.15) is 21.6 Å². The molecule has 4 aromatic rings. The standard InChI is InChI=1S/C28H24Cl2N2O3/c1-35-28(34)21-14-12-20(13-15-21)16-17-31-26(24(29)18-25(30)27(31)33)19-32(22-8-4-2-5-9-22)23-10-6-3-7-11-23/h2-15,18H,16-17,19H2,1H3. The number of rotatable bonds is 8. The number of pyridine rings is 1. The molecule has 0 aliphatic heterocycles. The number of hydrogen-bond acceptors (Lipinski definition) is 4. The predicted molar refractivity (Wildman–Crippen MR) is 141 cm³/mol. The SMILES string of the molecule is COC(=O)c1ccc(CCn2c(CN(c3ccccc3)c3ccccc3)c(Cl)cc(Cl)c2=O)cc1. The molecular formula is C28H24Cl2N2O3. The molecule has 0 unspecified atom stereocenters. The molecule has 7 heteroatoms. The third-order valence-electron chi connectivity index (χ3n) is 5.75. The zero-order valence-corrected chi connectivity index (χ0v) is 20.7. The second-order valence-electron chi connectivity index (χ2n) is 7.94. The van der Waals surface area contributed by atoms with Crippen LogP contribution in [0.25, 0.3) is 0 Å². The molecule has 35 heavy (non-hydrogen) atoms. The van der Waals surface area contributed by atoms with Gasteiger partial charge in [0, 0.05) is 17.9 Å². The van der Waals surface area contributed by atoms with Crippen LogP contribution in [-0.4, -0.2) is 17.6 Å². The molecule has 0 saturated heterocycles. The molecule has 0 radical (unpaired) electrons. The average molecular weight is 507 g/mol. The van der Waals surface area contributed by atoms with Gasteiger partial charge in [-0.05, 0) is 54.4 Å². The van der Waals surface area contributed by atoms with E-state index < -0.39 is 5.97 Å². The van der Waals surface area contributed by atoms with Crippen LogP contribution >= 0.6 is 23.2 Å². The Morgan fingerprint density at radius 1 is 0.857 bits per heavy atom. The second kappa shape index (κ2) is 11.3. The van der Waals surface area contributed by atoms with Gasteiger partial charge in [-0.3, -0.25) is 4.79 Å². The van der Waals surface area contributed by atoms with Crippen LogP contribution in [0.2, 0.25) is 10.0 Å². The first kappa shape index (κ1) is 24.6. The van der Waals surface area contributed by atoms with Gasteiger partial charge >= 0.3 is 5.97 Å². The van der Waals surface area contributed by atoms with Crippen molar-refractivity contribution in [2.24, 2.45) is 0 Å². The van der Waals surface area contributed by atoms with Crippen molar-refractivity contribution in [3.8, 4) is 0 Å². The fourth-order valence-corrected chi connectivity index (χ4v) is 4.44. The zero-order valence-electron chi connectivity index (χ0n) is 19.2. The maximum atomic E-state index is 13.1. The number of aryl methyl sites for hydroxylation is 1. The van der Waals surface area contributed by atoms with Crippen molar-refractivity contribution >= 4 is 40.5 Å². The minimum atomic E-state index is -0.390.